The SMILES string of the molecule is Cc1cc(Br)ccc1C(=O)N[C@@H]1CCNC1. The first-order valence-corrected chi connectivity index (χ1v) is 6.24. The molecule has 2 N–H and O–H groups in total. The van der Waals surface area contributed by atoms with Gasteiger partial charge in [-0.05, 0) is 43.7 Å². The van der Waals surface area contributed by atoms with E-state index in [1.54, 1.807) is 0 Å². The summed E-state index contributed by atoms with van der Waals surface area (Å²) >= 11 is 3.39. The normalized spacial score (nSPS) is 19.8. The van der Waals surface area contributed by atoms with Gasteiger partial charge in [-0.15, -0.1) is 0 Å². The molecular formula is C12H15BrN2O. The zero-order valence-corrected chi connectivity index (χ0v) is 10.8. The summed E-state index contributed by atoms with van der Waals surface area (Å²) < 4.78 is 1.00. The molecule has 1 amide bonds. The van der Waals surface area contributed by atoms with Crippen LogP contribution in [0.2, 0.25) is 0 Å². The number of carbonyl (C=O) groups is 1. The lowest BCUT2D eigenvalue weighted by molar-refractivity contribution is 0.0939. The van der Waals surface area contributed by atoms with Crippen LogP contribution in [-0.2, 0) is 0 Å². The van der Waals surface area contributed by atoms with Crippen LogP contribution in [0.15, 0.2) is 22.7 Å². The van der Waals surface area contributed by atoms with E-state index in [0.29, 0.717) is 0 Å². The maximum Gasteiger partial charge on any atom is 0.251 e. The minimum atomic E-state index is 0.0266. The van der Waals surface area contributed by atoms with Crippen LogP contribution in [0.4, 0.5) is 0 Å². The number of halogens is 1. The van der Waals surface area contributed by atoms with Crippen LogP contribution in [0.3, 0.4) is 0 Å². The van der Waals surface area contributed by atoms with Crippen molar-refractivity contribution in [1.82, 2.24) is 10.6 Å². The molecule has 0 radical (unpaired) electrons. The highest BCUT2D eigenvalue weighted by Gasteiger charge is 2.18. The summed E-state index contributed by atoms with van der Waals surface area (Å²) in [4.78, 5) is 12.0. The molecule has 1 heterocycles. The van der Waals surface area contributed by atoms with Crippen LogP contribution in [0, 0.1) is 6.92 Å². The summed E-state index contributed by atoms with van der Waals surface area (Å²) in [6.07, 6.45) is 1.02. The van der Waals surface area contributed by atoms with Crippen molar-refractivity contribution < 1.29 is 4.79 Å². The molecule has 0 aromatic heterocycles. The van der Waals surface area contributed by atoms with Crippen LogP contribution >= 0.6 is 15.9 Å². The van der Waals surface area contributed by atoms with Gasteiger partial charge in [-0.1, -0.05) is 15.9 Å². The van der Waals surface area contributed by atoms with E-state index in [0.717, 1.165) is 35.1 Å². The van der Waals surface area contributed by atoms with Crippen molar-refractivity contribution in [3.05, 3.63) is 33.8 Å². The number of hydrogen-bond acceptors (Lipinski definition) is 2. The van der Waals surface area contributed by atoms with Crippen LogP contribution in [0.5, 0.6) is 0 Å². The largest absolute Gasteiger partial charge is 0.348 e. The van der Waals surface area contributed by atoms with Gasteiger partial charge in [0.15, 0.2) is 0 Å². The number of nitrogens with one attached hydrogen (secondary N) is 2. The summed E-state index contributed by atoms with van der Waals surface area (Å²) in [5, 5.41) is 6.27. The van der Waals surface area contributed by atoms with E-state index in [4.69, 9.17) is 0 Å². The molecule has 3 nitrogen and oxygen atoms in total. The Kier molecular flexibility index (Phi) is 3.61. The fraction of sp³-hybridized carbons (Fsp3) is 0.417. The highest BCUT2D eigenvalue weighted by Crippen LogP contribution is 2.16. The molecule has 2 rings (SSSR count). The quantitative estimate of drug-likeness (QED) is 0.869. The van der Waals surface area contributed by atoms with Crippen LogP contribution in [0.1, 0.15) is 22.3 Å². The van der Waals surface area contributed by atoms with E-state index >= 15 is 0 Å². The van der Waals surface area contributed by atoms with Gasteiger partial charge in [0, 0.05) is 22.6 Å². The monoisotopic (exact) mass is 282 g/mol. The van der Waals surface area contributed by atoms with Gasteiger partial charge in [0.1, 0.15) is 0 Å². The predicted molar refractivity (Wildman–Crippen MR) is 67.6 cm³/mol. The van der Waals surface area contributed by atoms with Crippen LogP contribution in [-0.4, -0.2) is 25.0 Å². The number of amides is 1. The van der Waals surface area contributed by atoms with E-state index in [-0.39, 0.29) is 11.9 Å². The number of aryl methyl sites for hydroxylation is 1. The fourth-order valence-corrected chi connectivity index (χ4v) is 2.40. The highest BCUT2D eigenvalue weighted by atomic mass is 79.9. The van der Waals surface area contributed by atoms with Crippen molar-refractivity contribution in [3.8, 4) is 0 Å². The molecule has 1 aromatic carbocycles. The second-order valence-corrected chi connectivity index (χ2v) is 5.04. The van der Waals surface area contributed by atoms with Crippen molar-refractivity contribution in [2.24, 2.45) is 0 Å². The Bertz CT molecular complexity index is 400. The molecule has 1 aromatic rings. The maximum atomic E-state index is 12.0. The predicted octanol–water partition coefficient (Wildman–Crippen LogP) is 1.85. The first-order valence-electron chi connectivity index (χ1n) is 5.44. The molecule has 0 unspecified atom stereocenters. The minimum absolute atomic E-state index is 0.0266. The molecule has 1 aliphatic heterocycles. The van der Waals surface area contributed by atoms with Gasteiger partial charge < -0.3 is 10.6 Å². The van der Waals surface area contributed by atoms with E-state index in [2.05, 4.69) is 26.6 Å². The first kappa shape index (κ1) is 11.6. The Morgan fingerprint density at radius 1 is 1.56 bits per heavy atom. The molecule has 1 saturated heterocycles. The molecule has 1 aliphatic rings. The summed E-state index contributed by atoms with van der Waals surface area (Å²) in [5.74, 6) is 0.0266. The lowest BCUT2D eigenvalue weighted by atomic mass is 10.1. The molecule has 0 aliphatic carbocycles. The second-order valence-electron chi connectivity index (χ2n) is 4.12. The molecule has 16 heavy (non-hydrogen) atoms. The average Bonchev–Trinajstić information content (AvgIpc) is 2.70. The van der Waals surface area contributed by atoms with Crippen molar-refractivity contribution in [1.29, 1.82) is 0 Å². The van der Waals surface area contributed by atoms with Crippen molar-refractivity contribution >= 4 is 21.8 Å². The average molecular weight is 283 g/mol. The second kappa shape index (κ2) is 4.97. The lowest BCUT2D eigenvalue weighted by Gasteiger charge is -2.12. The Morgan fingerprint density at radius 3 is 3.00 bits per heavy atom. The summed E-state index contributed by atoms with van der Waals surface area (Å²) in [7, 11) is 0. The zero-order valence-electron chi connectivity index (χ0n) is 9.22. The topological polar surface area (TPSA) is 41.1 Å². The van der Waals surface area contributed by atoms with Crippen molar-refractivity contribution in [3.63, 3.8) is 0 Å². The molecule has 0 spiro atoms. The minimum Gasteiger partial charge on any atom is -0.348 e. The maximum absolute atomic E-state index is 12.0. The first-order chi connectivity index (χ1) is 7.66. The van der Waals surface area contributed by atoms with Crippen LogP contribution < -0.4 is 10.6 Å². The molecule has 1 atom stereocenters. The van der Waals surface area contributed by atoms with Crippen LogP contribution in [0.25, 0.3) is 0 Å². The van der Waals surface area contributed by atoms with Gasteiger partial charge in [0.25, 0.3) is 5.91 Å². The van der Waals surface area contributed by atoms with Gasteiger partial charge >= 0.3 is 0 Å². The summed E-state index contributed by atoms with van der Waals surface area (Å²) in [5.41, 5.74) is 1.76. The van der Waals surface area contributed by atoms with Gasteiger partial charge in [0.2, 0.25) is 0 Å². The molecule has 4 heteroatoms. The number of rotatable bonds is 2. The molecule has 0 saturated carbocycles. The van der Waals surface area contributed by atoms with Crippen molar-refractivity contribution in [2.75, 3.05) is 13.1 Å². The molecule has 1 fully saturated rings. The Balaban J connectivity index is 2.08. The Labute approximate surface area is 104 Å². The van der Waals surface area contributed by atoms with Crippen molar-refractivity contribution in [2.45, 2.75) is 19.4 Å². The molecule has 0 bridgehead atoms. The van der Waals surface area contributed by atoms with E-state index in [9.17, 15) is 4.79 Å². The fourth-order valence-electron chi connectivity index (χ4n) is 1.92. The number of benzene rings is 1. The van der Waals surface area contributed by atoms with E-state index < -0.39 is 0 Å². The summed E-state index contributed by atoms with van der Waals surface area (Å²) in [6.45, 7) is 3.82. The summed E-state index contributed by atoms with van der Waals surface area (Å²) in [6, 6.07) is 5.99. The number of hydrogen-bond donors (Lipinski definition) is 2. The Morgan fingerprint density at radius 2 is 2.38 bits per heavy atom. The van der Waals surface area contributed by atoms with Gasteiger partial charge in [-0.3, -0.25) is 4.79 Å². The number of carbonyl (C=O) groups excluding carboxylic acids is 1. The third kappa shape index (κ3) is 2.62. The van der Waals surface area contributed by atoms with Gasteiger partial charge in [-0.2, -0.15) is 0 Å². The van der Waals surface area contributed by atoms with Gasteiger partial charge in [0.05, 0.1) is 0 Å². The van der Waals surface area contributed by atoms with E-state index in [1.165, 1.54) is 0 Å². The third-order valence-electron chi connectivity index (χ3n) is 2.83. The third-order valence-corrected chi connectivity index (χ3v) is 3.32. The molecule has 86 valence electrons. The van der Waals surface area contributed by atoms with Gasteiger partial charge in [-0.25, -0.2) is 0 Å². The lowest BCUT2D eigenvalue weighted by Crippen LogP contribution is -2.36. The standard InChI is InChI=1S/C12H15BrN2O/c1-8-6-9(13)2-3-11(8)12(16)15-10-4-5-14-7-10/h2-3,6,10,14H,4-5,7H2,1H3,(H,15,16)/t10-/m1/s1. The smallest absolute Gasteiger partial charge is 0.251 e. The zero-order chi connectivity index (χ0) is 11.5. The molecular weight excluding hydrogens is 268 g/mol. The van der Waals surface area contributed by atoms with E-state index in [1.807, 2.05) is 25.1 Å². The Hall–Kier alpha value is -0.870. The highest BCUT2D eigenvalue weighted by molar-refractivity contribution is 9.10.